The van der Waals surface area contributed by atoms with Crippen molar-refractivity contribution >= 4 is 38.7 Å². The molecule has 0 unspecified atom stereocenters. The van der Waals surface area contributed by atoms with E-state index in [1.54, 1.807) is 24.3 Å². The lowest BCUT2D eigenvalue weighted by Gasteiger charge is -2.37. The summed E-state index contributed by atoms with van der Waals surface area (Å²) in [7, 11) is -1.33. The zero-order chi connectivity index (χ0) is 23.2. The Balaban J connectivity index is 1.35. The molecular weight excluding hydrogens is 456 g/mol. The fourth-order valence-corrected chi connectivity index (χ4v) is 6.94. The summed E-state index contributed by atoms with van der Waals surface area (Å²) in [6.45, 7) is 5.84. The number of nitrogens with zero attached hydrogens (tertiary/aromatic N) is 3. The Kier molecular flexibility index (Phi) is 6.17. The molecule has 5 rings (SSSR count). The van der Waals surface area contributed by atoms with E-state index >= 15 is 0 Å². The number of ether oxygens (including phenoxy) is 1. The SMILES string of the molecule is Cc1ccc2c(c1)[C@@H]1CN(C)CC[C@H]1N2C(=S)Nc1ccc(S(=O)(=O)N2CCOCC2)cc1. The third-order valence-corrected chi connectivity index (χ3v) is 9.10. The number of nitrogens with one attached hydrogen (secondary N) is 1. The number of benzene rings is 2. The number of thiocarbonyl (C=S) groups is 1. The van der Waals surface area contributed by atoms with Crippen LogP contribution in [0.25, 0.3) is 0 Å². The van der Waals surface area contributed by atoms with Crippen molar-refractivity contribution in [2.24, 2.45) is 0 Å². The number of hydrogen-bond donors (Lipinski definition) is 1. The van der Waals surface area contributed by atoms with Crippen molar-refractivity contribution in [3.8, 4) is 0 Å². The molecule has 0 aromatic heterocycles. The number of fused-ring (bicyclic) bond motifs is 3. The highest BCUT2D eigenvalue weighted by Gasteiger charge is 2.42. The molecule has 9 heteroatoms. The van der Waals surface area contributed by atoms with Gasteiger partial charge in [0.1, 0.15) is 0 Å². The van der Waals surface area contributed by atoms with Gasteiger partial charge in [0.05, 0.1) is 18.1 Å². The van der Waals surface area contributed by atoms with Gasteiger partial charge in [0.2, 0.25) is 10.0 Å². The summed E-state index contributed by atoms with van der Waals surface area (Å²) >= 11 is 5.87. The molecular formula is C24H30N4O3S2. The van der Waals surface area contributed by atoms with Crippen molar-refractivity contribution in [1.82, 2.24) is 9.21 Å². The minimum absolute atomic E-state index is 0.290. The number of morpholine rings is 1. The Labute approximate surface area is 201 Å². The first kappa shape index (κ1) is 22.7. The lowest BCUT2D eigenvalue weighted by Crippen LogP contribution is -2.48. The summed E-state index contributed by atoms with van der Waals surface area (Å²) in [5.74, 6) is 0.430. The molecule has 3 heterocycles. The van der Waals surface area contributed by atoms with Gasteiger partial charge in [0, 0.05) is 43.0 Å². The van der Waals surface area contributed by atoms with E-state index in [0.29, 0.717) is 48.3 Å². The van der Waals surface area contributed by atoms with Crippen LogP contribution in [0.15, 0.2) is 47.4 Å². The fourth-order valence-electron chi connectivity index (χ4n) is 5.18. The topological polar surface area (TPSA) is 65.1 Å². The molecule has 0 bridgehead atoms. The largest absolute Gasteiger partial charge is 0.379 e. The Bertz CT molecular complexity index is 1150. The third kappa shape index (κ3) is 4.28. The number of sulfonamides is 1. The van der Waals surface area contributed by atoms with Crippen LogP contribution in [0.2, 0.25) is 0 Å². The fraction of sp³-hybridized carbons (Fsp3) is 0.458. The second kappa shape index (κ2) is 8.96. The monoisotopic (exact) mass is 486 g/mol. The molecule has 2 atom stereocenters. The van der Waals surface area contributed by atoms with Gasteiger partial charge in [-0.1, -0.05) is 17.7 Å². The van der Waals surface area contributed by atoms with Gasteiger partial charge < -0.3 is 19.9 Å². The molecule has 2 aromatic carbocycles. The van der Waals surface area contributed by atoms with Crippen LogP contribution in [-0.2, 0) is 14.8 Å². The molecule has 0 saturated carbocycles. The predicted molar refractivity (Wildman–Crippen MR) is 135 cm³/mol. The summed E-state index contributed by atoms with van der Waals surface area (Å²) in [5.41, 5.74) is 4.59. The first-order chi connectivity index (χ1) is 15.8. The number of anilines is 2. The lowest BCUT2D eigenvalue weighted by atomic mass is 9.89. The van der Waals surface area contributed by atoms with E-state index in [4.69, 9.17) is 17.0 Å². The average Bonchev–Trinajstić information content (AvgIpc) is 3.13. The maximum absolute atomic E-state index is 12.9. The number of likely N-dealkylation sites (N-methyl/N-ethyl adjacent to an activating group) is 1. The van der Waals surface area contributed by atoms with Crippen LogP contribution in [0.3, 0.4) is 0 Å². The zero-order valence-electron chi connectivity index (χ0n) is 19.0. The van der Waals surface area contributed by atoms with Crippen LogP contribution in [0.1, 0.15) is 23.5 Å². The first-order valence-electron chi connectivity index (χ1n) is 11.4. The highest BCUT2D eigenvalue weighted by molar-refractivity contribution is 7.89. The van der Waals surface area contributed by atoms with E-state index in [9.17, 15) is 8.42 Å². The predicted octanol–water partition coefficient (Wildman–Crippen LogP) is 3.02. The minimum Gasteiger partial charge on any atom is -0.379 e. The summed E-state index contributed by atoms with van der Waals surface area (Å²) in [5, 5.41) is 4.01. The highest BCUT2D eigenvalue weighted by atomic mass is 32.2. The Hall–Kier alpha value is -2.04. The van der Waals surface area contributed by atoms with E-state index in [1.165, 1.54) is 21.1 Å². The average molecular weight is 487 g/mol. The van der Waals surface area contributed by atoms with Gasteiger partial charge in [0.25, 0.3) is 0 Å². The van der Waals surface area contributed by atoms with Crippen molar-refractivity contribution in [3.63, 3.8) is 0 Å². The minimum atomic E-state index is -3.51. The van der Waals surface area contributed by atoms with Gasteiger partial charge in [0.15, 0.2) is 5.11 Å². The van der Waals surface area contributed by atoms with Gasteiger partial charge in [-0.25, -0.2) is 8.42 Å². The number of rotatable bonds is 3. The van der Waals surface area contributed by atoms with Gasteiger partial charge in [-0.15, -0.1) is 0 Å². The van der Waals surface area contributed by atoms with Crippen molar-refractivity contribution in [1.29, 1.82) is 0 Å². The molecule has 3 aliphatic rings. The van der Waals surface area contributed by atoms with Gasteiger partial charge in [-0.05, 0) is 75.1 Å². The molecule has 176 valence electrons. The Morgan fingerprint density at radius 3 is 2.55 bits per heavy atom. The third-order valence-electron chi connectivity index (χ3n) is 6.89. The normalized spacial score (nSPS) is 23.8. The van der Waals surface area contributed by atoms with Crippen LogP contribution in [-0.4, -0.2) is 75.2 Å². The van der Waals surface area contributed by atoms with Crippen molar-refractivity contribution in [2.45, 2.75) is 30.2 Å². The summed E-state index contributed by atoms with van der Waals surface area (Å²) in [4.78, 5) is 4.94. The number of hydrogen-bond acceptors (Lipinski definition) is 5. The smallest absolute Gasteiger partial charge is 0.243 e. The summed E-state index contributed by atoms with van der Waals surface area (Å²) < 4.78 is 32.5. The van der Waals surface area contributed by atoms with E-state index < -0.39 is 10.0 Å². The molecule has 2 saturated heterocycles. The molecule has 0 radical (unpaired) electrons. The van der Waals surface area contributed by atoms with Crippen LogP contribution < -0.4 is 10.2 Å². The summed E-state index contributed by atoms with van der Waals surface area (Å²) in [6, 6.07) is 13.8. The summed E-state index contributed by atoms with van der Waals surface area (Å²) in [6.07, 6.45) is 1.05. The molecule has 33 heavy (non-hydrogen) atoms. The Morgan fingerprint density at radius 2 is 1.82 bits per heavy atom. The second-order valence-corrected chi connectivity index (χ2v) is 11.5. The maximum Gasteiger partial charge on any atom is 0.243 e. The van der Waals surface area contributed by atoms with Crippen LogP contribution in [0.5, 0.6) is 0 Å². The quantitative estimate of drug-likeness (QED) is 0.669. The molecule has 1 N–H and O–H groups in total. The zero-order valence-corrected chi connectivity index (χ0v) is 20.7. The molecule has 0 spiro atoms. The van der Waals surface area contributed by atoms with E-state index in [2.05, 4.69) is 47.3 Å². The van der Waals surface area contributed by atoms with Crippen molar-refractivity contribution in [2.75, 3.05) is 56.7 Å². The van der Waals surface area contributed by atoms with Crippen LogP contribution in [0.4, 0.5) is 11.4 Å². The van der Waals surface area contributed by atoms with Gasteiger partial charge >= 0.3 is 0 Å². The van der Waals surface area contributed by atoms with E-state index in [-0.39, 0.29) is 0 Å². The standard InChI is InChI=1S/C24H30N4O3S2/c1-17-3-8-22-20(15-17)21-16-26(2)10-9-23(21)28(22)24(32)25-18-4-6-19(7-5-18)33(29,30)27-11-13-31-14-12-27/h3-8,15,21,23H,9-14,16H2,1-2H3,(H,25,32)/t21-,23+/m0/s1. The molecule has 0 amide bonds. The molecule has 2 aromatic rings. The van der Waals surface area contributed by atoms with E-state index in [0.717, 1.165) is 25.2 Å². The number of aryl methyl sites for hydroxylation is 1. The molecule has 7 nitrogen and oxygen atoms in total. The van der Waals surface area contributed by atoms with Gasteiger partial charge in [-0.3, -0.25) is 0 Å². The maximum atomic E-state index is 12.9. The van der Waals surface area contributed by atoms with E-state index in [1.807, 2.05) is 0 Å². The molecule has 2 fully saturated rings. The molecule has 3 aliphatic heterocycles. The second-order valence-electron chi connectivity index (χ2n) is 9.13. The number of likely N-dealkylation sites (tertiary alicyclic amines) is 1. The van der Waals surface area contributed by atoms with Crippen LogP contribution in [0, 0.1) is 6.92 Å². The Morgan fingerprint density at radius 1 is 1.09 bits per heavy atom. The number of piperidine rings is 1. The highest BCUT2D eigenvalue weighted by Crippen LogP contribution is 2.45. The lowest BCUT2D eigenvalue weighted by molar-refractivity contribution is 0.0730. The van der Waals surface area contributed by atoms with Crippen LogP contribution >= 0.6 is 12.2 Å². The first-order valence-corrected chi connectivity index (χ1v) is 13.3. The van der Waals surface area contributed by atoms with Crippen molar-refractivity contribution < 1.29 is 13.2 Å². The molecule has 0 aliphatic carbocycles. The van der Waals surface area contributed by atoms with Gasteiger partial charge in [-0.2, -0.15) is 4.31 Å². The van der Waals surface area contributed by atoms with Crippen molar-refractivity contribution in [3.05, 3.63) is 53.6 Å².